The van der Waals surface area contributed by atoms with Crippen molar-refractivity contribution in [3.05, 3.63) is 58.1 Å². The molecule has 1 saturated carbocycles. The summed E-state index contributed by atoms with van der Waals surface area (Å²) in [5.41, 5.74) is 2.10. The number of hydrogen-bond donors (Lipinski definition) is 1. The molecule has 0 spiro atoms. The third-order valence-electron chi connectivity index (χ3n) is 5.11. The molecule has 27 heavy (non-hydrogen) atoms. The first-order valence-corrected chi connectivity index (χ1v) is 9.90. The number of rotatable bonds is 7. The number of hydrogen-bond acceptors (Lipinski definition) is 4. The van der Waals surface area contributed by atoms with Crippen molar-refractivity contribution in [1.29, 1.82) is 0 Å². The molecule has 1 fully saturated rings. The van der Waals surface area contributed by atoms with Gasteiger partial charge in [0.25, 0.3) is 0 Å². The van der Waals surface area contributed by atoms with E-state index in [9.17, 15) is 4.79 Å². The first-order chi connectivity index (χ1) is 13.1. The van der Waals surface area contributed by atoms with Gasteiger partial charge in [-0.2, -0.15) is 0 Å². The third-order valence-corrected chi connectivity index (χ3v) is 5.73. The molecule has 2 aromatic rings. The van der Waals surface area contributed by atoms with Gasteiger partial charge < -0.3 is 19.5 Å². The summed E-state index contributed by atoms with van der Waals surface area (Å²) in [5, 5.41) is 3.13. The Hall–Kier alpha value is -2.05. The highest BCUT2D eigenvalue weighted by Crippen LogP contribution is 2.59. The Balaban J connectivity index is 1.45. The van der Waals surface area contributed by atoms with Crippen LogP contribution in [0.4, 0.5) is 0 Å². The standard InChI is InChI=1S/C21H22BrNO4/c1-3-26-13-9-7-12(8-10-13)16(11-25-2)23-21(24)18-17-14-5-4-6-15(22)19(14)27-20(17)18/h4-10,16-18,20H,3,11H2,1-2H3,(H,23,24)/t16-,17?,18-,20?/m0/s1. The lowest BCUT2D eigenvalue weighted by Gasteiger charge is -2.19. The summed E-state index contributed by atoms with van der Waals surface area (Å²) in [6, 6.07) is 13.5. The fraction of sp³-hybridized carbons (Fsp3) is 0.381. The van der Waals surface area contributed by atoms with Crippen molar-refractivity contribution in [3.8, 4) is 11.5 Å². The highest BCUT2D eigenvalue weighted by molar-refractivity contribution is 9.10. The number of halogens is 1. The molecule has 2 aromatic carbocycles. The number of benzene rings is 2. The number of ether oxygens (including phenoxy) is 3. The molecule has 0 aromatic heterocycles. The van der Waals surface area contributed by atoms with Crippen molar-refractivity contribution < 1.29 is 19.0 Å². The number of amides is 1. The summed E-state index contributed by atoms with van der Waals surface area (Å²) in [6.45, 7) is 2.98. The molecule has 1 amide bonds. The summed E-state index contributed by atoms with van der Waals surface area (Å²) in [6.07, 6.45) is -0.0674. The summed E-state index contributed by atoms with van der Waals surface area (Å²) in [5.74, 6) is 1.69. The van der Waals surface area contributed by atoms with Crippen LogP contribution in [0.5, 0.6) is 11.5 Å². The first-order valence-electron chi connectivity index (χ1n) is 9.11. The predicted octanol–water partition coefficient (Wildman–Crippen LogP) is 3.83. The zero-order valence-electron chi connectivity index (χ0n) is 15.3. The average Bonchev–Trinajstić information content (AvgIpc) is 3.25. The van der Waals surface area contributed by atoms with Gasteiger partial charge in [-0.3, -0.25) is 4.79 Å². The average molecular weight is 432 g/mol. The van der Waals surface area contributed by atoms with Crippen molar-refractivity contribution in [1.82, 2.24) is 5.32 Å². The SMILES string of the molecule is CCOc1ccc([C@H](COC)NC(=O)[C@@H]2C3Oc4c(Br)cccc4C32)cc1. The van der Waals surface area contributed by atoms with Gasteiger partial charge in [-0.25, -0.2) is 0 Å². The van der Waals surface area contributed by atoms with Crippen LogP contribution >= 0.6 is 15.9 Å². The van der Waals surface area contributed by atoms with Crippen LogP contribution in [0, 0.1) is 5.92 Å². The van der Waals surface area contributed by atoms with Crippen LogP contribution in [0.15, 0.2) is 46.9 Å². The van der Waals surface area contributed by atoms with E-state index >= 15 is 0 Å². The fourth-order valence-corrected chi connectivity index (χ4v) is 4.25. The summed E-state index contributed by atoms with van der Waals surface area (Å²) in [7, 11) is 1.64. The van der Waals surface area contributed by atoms with E-state index in [1.54, 1.807) is 7.11 Å². The Morgan fingerprint density at radius 3 is 2.74 bits per heavy atom. The van der Waals surface area contributed by atoms with Crippen LogP contribution in [0.2, 0.25) is 0 Å². The van der Waals surface area contributed by atoms with Crippen molar-refractivity contribution in [2.24, 2.45) is 5.92 Å². The minimum Gasteiger partial charge on any atom is -0.494 e. The highest BCUT2D eigenvalue weighted by Gasteiger charge is 2.63. The Labute approximate surface area is 167 Å². The van der Waals surface area contributed by atoms with E-state index in [-0.39, 0.29) is 29.9 Å². The van der Waals surface area contributed by atoms with Crippen LogP contribution < -0.4 is 14.8 Å². The Kier molecular flexibility index (Phi) is 5.10. The third kappa shape index (κ3) is 3.44. The molecular formula is C21H22BrNO4. The molecule has 4 rings (SSSR count). The number of carbonyl (C=O) groups excluding carboxylic acids is 1. The van der Waals surface area contributed by atoms with Gasteiger partial charge in [0.1, 0.15) is 17.6 Å². The van der Waals surface area contributed by atoms with E-state index in [1.807, 2.05) is 49.4 Å². The zero-order valence-corrected chi connectivity index (χ0v) is 16.9. The molecule has 0 bridgehead atoms. The quantitative estimate of drug-likeness (QED) is 0.723. The van der Waals surface area contributed by atoms with Gasteiger partial charge in [0.15, 0.2) is 0 Å². The molecule has 142 valence electrons. The van der Waals surface area contributed by atoms with E-state index in [1.165, 1.54) is 0 Å². The number of para-hydroxylation sites is 1. The van der Waals surface area contributed by atoms with Gasteiger partial charge in [0, 0.05) is 18.6 Å². The van der Waals surface area contributed by atoms with Crippen LogP contribution in [0.25, 0.3) is 0 Å². The molecular weight excluding hydrogens is 410 g/mol. The normalized spacial score (nSPS) is 23.0. The van der Waals surface area contributed by atoms with Gasteiger partial charge in [-0.05, 0) is 46.6 Å². The molecule has 6 heteroatoms. The number of methoxy groups -OCH3 is 1. The number of carbonyl (C=O) groups is 1. The summed E-state index contributed by atoms with van der Waals surface area (Å²) in [4.78, 5) is 12.9. The second-order valence-corrected chi connectivity index (χ2v) is 7.67. The number of nitrogens with one attached hydrogen (secondary N) is 1. The van der Waals surface area contributed by atoms with E-state index in [2.05, 4.69) is 21.2 Å². The molecule has 1 N–H and O–H groups in total. The smallest absolute Gasteiger partial charge is 0.228 e. The van der Waals surface area contributed by atoms with Gasteiger partial charge in [-0.15, -0.1) is 0 Å². The van der Waals surface area contributed by atoms with Gasteiger partial charge >= 0.3 is 0 Å². The monoisotopic (exact) mass is 431 g/mol. The molecule has 2 unspecified atom stereocenters. The van der Waals surface area contributed by atoms with Crippen molar-refractivity contribution in [2.75, 3.05) is 20.3 Å². The Morgan fingerprint density at radius 2 is 2.04 bits per heavy atom. The predicted molar refractivity (Wildman–Crippen MR) is 105 cm³/mol. The molecule has 5 nitrogen and oxygen atoms in total. The lowest BCUT2D eigenvalue weighted by atomic mass is 10.1. The zero-order chi connectivity index (χ0) is 19.0. The maximum absolute atomic E-state index is 12.9. The van der Waals surface area contributed by atoms with E-state index < -0.39 is 0 Å². The summed E-state index contributed by atoms with van der Waals surface area (Å²) >= 11 is 3.51. The van der Waals surface area contributed by atoms with Gasteiger partial charge in [0.2, 0.25) is 5.91 Å². The lowest BCUT2D eigenvalue weighted by Crippen LogP contribution is -2.34. The van der Waals surface area contributed by atoms with E-state index in [0.717, 1.165) is 27.1 Å². The molecule has 0 radical (unpaired) electrons. The van der Waals surface area contributed by atoms with E-state index in [4.69, 9.17) is 14.2 Å². The lowest BCUT2D eigenvalue weighted by molar-refractivity contribution is -0.124. The second-order valence-electron chi connectivity index (χ2n) is 6.81. The fourth-order valence-electron chi connectivity index (χ4n) is 3.78. The largest absolute Gasteiger partial charge is 0.494 e. The van der Waals surface area contributed by atoms with Gasteiger partial charge in [-0.1, -0.05) is 24.3 Å². The second kappa shape index (κ2) is 7.52. The van der Waals surface area contributed by atoms with Crippen LogP contribution in [-0.4, -0.2) is 32.3 Å². The Bertz CT molecular complexity index is 839. The minimum absolute atomic E-state index is 0.00607. The van der Waals surface area contributed by atoms with Crippen molar-refractivity contribution in [3.63, 3.8) is 0 Å². The minimum atomic E-state index is -0.207. The Morgan fingerprint density at radius 1 is 1.26 bits per heavy atom. The maximum atomic E-state index is 12.9. The van der Waals surface area contributed by atoms with Crippen molar-refractivity contribution in [2.45, 2.75) is 25.0 Å². The molecule has 0 saturated heterocycles. The number of fused-ring (bicyclic) bond motifs is 3. The summed E-state index contributed by atoms with van der Waals surface area (Å²) < 4.78 is 17.7. The topological polar surface area (TPSA) is 56.8 Å². The maximum Gasteiger partial charge on any atom is 0.228 e. The van der Waals surface area contributed by atoms with Crippen LogP contribution in [0.3, 0.4) is 0 Å². The molecule has 1 aliphatic carbocycles. The van der Waals surface area contributed by atoms with E-state index in [0.29, 0.717) is 13.2 Å². The highest BCUT2D eigenvalue weighted by atomic mass is 79.9. The van der Waals surface area contributed by atoms with Crippen LogP contribution in [0.1, 0.15) is 30.0 Å². The molecule has 1 aliphatic heterocycles. The first kappa shape index (κ1) is 18.3. The van der Waals surface area contributed by atoms with Gasteiger partial charge in [0.05, 0.1) is 29.6 Å². The molecule has 2 aliphatic rings. The van der Waals surface area contributed by atoms with Crippen molar-refractivity contribution >= 4 is 21.8 Å². The molecule has 1 heterocycles. The molecule has 4 atom stereocenters. The van der Waals surface area contributed by atoms with Crippen LogP contribution in [-0.2, 0) is 9.53 Å².